The zero-order valence-corrected chi connectivity index (χ0v) is 18.5. The lowest BCUT2D eigenvalue weighted by molar-refractivity contribution is -0.129. The highest BCUT2D eigenvalue weighted by Crippen LogP contribution is 2.38. The molecule has 4 N–H and O–H groups in total. The van der Waals surface area contributed by atoms with Crippen molar-refractivity contribution in [3.05, 3.63) is 34.9 Å². The molecule has 0 aliphatic heterocycles. The van der Waals surface area contributed by atoms with Crippen molar-refractivity contribution in [3.8, 4) is 0 Å². The summed E-state index contributed by atoms with van der Waals surface area (Å²) in [5.41, 5.74) is 6.22. The predicted molar refractivity (Wildman–Crippen MR) is 116 cm³/mol. The molecule has 4 atom stereocenters. The first kappa shape index (κ1) is 24.7. The molecule has 0 radical (unpaired) electrons. The largest absolute Gasteiger partial charge is 0.353 e. The third kappa shape index (κ3) is 6.64. The molecule has 1 aromatic rings. The van der Waals surface area contributed by atoms with Gasteiger partial charge < -0.3 is 16.4 Å². The number of nitrogens with one attached hydrogen (secondary N) is 2. The number of carbonyl (C=O) groups excluding carboxylic acids is 2. The van der Waals surface area contributed by atoms with Crippen LogP contribution in [0.15, 0.2) is 24.3 Å². The van der Waals surface area contributed by atoms with Crippen LogP contribution in [0.25, 0.3) is 0 Å². The van der Waals surface area contributed by atoms with Gasteiger partial charge in [0, 0.05) is 17.5 Å². The van der Waals surface area contributed by atoms with Crippen LogP contribution in [0.5, 0.6) is 0 Å². The summed E-state index contributed by atoms with van der Waals surface area (Å²) in [6.45, 7) is 6.78. The van der Waals surface area contributed by atoms with Crippen molar-refractivity contribution in [2.75, 3.05) is 13.1 Å². The molecule has 7 heteroatoms. The third-order valence-corrected chi connectivity index (χ3v) is 5.98. The number of nitrogens with two attached hydrogens (primary N) is 1. The Morgan fingerprint density at radius 2 is 1.93 bits per heavy atom. The molecule has 1 saturated carbocycles. The molecule has 1 aliphatic carbocycles. The van der Waals surface area contributed by atoms with E-state index in [1.54, 1.807) is 6.07 Å². The SMILES string of the molecule is CC(C)[C@@H]1CC[C@@H](C)C[C@H]1C(=O)NCC(NC(=O)CN)c1ccccc1Cl.Cl. The molecule has 5 nitrogen and oxygen atoms in total. The number of amides is 2. The van der Waals surface area contributed by atoms with Gasteiger partial charge in [0.25, 0.3) is 0 Å². The molecule has 0 spiro atoms. The summed E-state index contributed by atoms with van der Waals surface area (Å²) in [6.07, 6.45) is 3.19. The van der Waals surface area contributed by atoms with Gasteiger partial charge in [-0.1, -0.05) is 57.0 Å². The van der Waals surface area contributed by atoms with Crippen LogP contribution in [0.1, 0.15) is 51.6 Å². The average molecular weight is 430 g/mol. The van der Waals surface area contributed by atoms with Crippen LogP contribution in [0, 0.1) is 23.7 Å². The van der Waals surface area contributed by atoms with Crippen molar-refractivity contribution in [1.82, 2.24) is 10.6 Å². The van der Waals surface area contributed by atoms with Gasteiger partial charge in [0.1, 0.15) is 0 Å². The van der Waals surface area contributed by atoms with Crippen molar-refractivity contribution in [3.63, 3.8) is 0 Å². The van der Waals surface area contributed by atoms with E-state index < -0.39 is 6.04 Å². The summed E-state index contributed by atoms with van der Waals surface area (Å²) in [5, 5.41) is 6.48. The van der Waals surface area contributed by atoms with E-state index in [-0.39, 0.29) is 36.7 Å². The van der Waals surface area contributed by atoms with Gasteiger partial charge in [-0.15, -0.1) is 12.4 Å². The fourth-order valence-corrected chi connectivity index (χ4v) is 4.35. The minimum atomic E-state index is -0.405. The van der Waals surface area contributed by atoms with E-state index in [2.05, 4.69) is 31.4 Å². The molecule has 1 aliphatic rings. The van der Waals surface area contributed by atoms with Gasteiger partial charge in [-0.3, -0.25) is 9.59 Å². The Morgan fingerprint density at radius 3 is 2.54 bits per heavy atom. The summed E-state index contributed by atoms with van der Waals surface area (Å²) in [4.78, 5) is 24.8. The van der Waals surface area contributed by atoms with Crippen molar-refractivity contribution in [1.29, 1.82) is 0 Å². The van der Waals surface area contributed by atoms with Crippen molar-refractivity contribution >= 4 is 35.8 Å². The number of hydrogen-bond donors (Lipinski definition) is 3. The number of carbonyl (C=O) groups is 2. The lowest BCUT2D eigenvalue weighted by atomic mass is 9.70. The molecule has 0 aromatic heterocycles. The summed E-state index contributed by atoms with van der Waals surface area (Å²) in [5.74, 6) is 1.25. The lowest BCUT2D eigenvalue weighted by Gasteiger charge is -2.36. The van der Waals surface area contributed by atoms with Crippen molar-refractivity contribution in [2.45, 2.75) is 46.1 Å². The molecule has 1 unspecified atom stereocenters. The fraction of sp³-hybridized carbons (Fsp3) is 0.619. The van der Waals surface area contributed by atoms with Gasteiger partial charge in [0.15, 0.2) is 0 Å². The zero-order valence-electron chi connectivity index (χ0n) is 16.9. The van der Waals surface area contributed by atoms with Gasteiger partial charge in [0.2, 0.25) is 11.8 Å². The van der Waals surface area contributed by atoms with Crippen LogP contribution < -0.4 is 16.4 Å². The highest BCUT2D eigenvalue weighted by Gasteiger charge is 2.35. The summed E-state index contributed by atoms with van der Waals surface area (Å²) in [6, 6.07) is 6.93. The van der Waals surface area contributed by atoms with Crippen LogP contribution in [0.2, 0.25) is 5.02 Å². The Kier molecular flexibility index (Phi) is 10.3. The van der Waals surface area contributed by atoms with Crippen LogP contribution in [0.3, 0.4) is 0 Å². The molecule has 28 heavy (non-hydrogen) atoms. The summed E-state index contributed by atoms with van der Waals surface area (Å²) >= 11 is 6.30. The number of benzene rings is 1. The van der Waals surface area contributed by atoms with Gasteiger partial charge in [-0.05, 0) is 42.2 Å². The second-order valence-corrected chi connectivity index (χ2v) is 8.43. The molecule has 0 heterocycles. The molecule has 0 bridgehead atoms. The normalized spacial score (nSPS) is 22.9. The molecule has 0 saturated heterocycles. The first-order valence-electron chi connectivity index (χ1n) is 9.85. The van der Waals surface area contributed by atoms with E-state index in [0.29, 0.717) is 29.3 Å². The quantitative estimate of drug-likeness (QED) is 0.617. The zero-order chi connectivity index (χ0) is 20.0. The number of hydrogen-bond acceptors (Lipinski definition) is 3. The van der Waals surface area contributed by atoms with Crippen LogP contribution in [-0.4, -0.2) is 24.9 Å². The Bertz CT molecular complexity index is 654. The Morgan fingerprint density at radius 1 is 1.25 bits per heavy atom. The lowest BCUT2D eigenvalue weighted by Crippen LogP contribution is -2.44. The Labute approximate surface area is 179 Å². The maximum absolute atomic E-state index is 13.0. The Hall–Kier alpha value is -1.30. The molecule has 158 valence electrons. The second-order valence-electron chi connectivity index (χ2n) is 8.02. The van der Waals surface area contributed by atoms with E-state index in [0.717, 1.165) is 18.4 Å². The maximum atomic E-state index is 13.0. The van der Waals surface area contributed by atoms with E-state index in [9.17, 15) is 9.59 Å². The van der Waals surface area contributed by atoms with E-state index in [4.69, 9.17) is 17.3 Å². The molecule has 1 fully saturated rings. The van der Waals surface area contributed by atoms with Crippen LogP contribution >= 0.6 is 24.0 Å². The Balaban J connectivity index is 0.00000392. The minimum Gasteiger partial charge on any atom is -0.353 e. The highest BCUT2D eigenvalue weighted by atomic mass is 35.5. The second kappa shape index (κ2) is 11.6. The van der Waals surface area contributed by atoms with Gasteiger partial charge in [-0.2, -0.15) is 0 Å². The molecule has 2 rings (SSSR count). The van der Waals surface area contributed by atoms with Crippen molar-refractivity contribution in [2.24, 2.45) is 29.4 Å². The van der Waals surface area contributed by atoms with Gasteiger partial charge in [-0.25, -0.2) is 0 Å². The van der Waals surface area contributed by atoms with Gasteiger partial charge >= 0.3 is 0 Å². The highest BCUT2D eigenvalue weighted by molar-refractivity contribution is 6.31. The van der Waals surface area contributed by atoms with E-state index in [1.807, 2.05) is 18.2 Å². The third-order valence-electron chi connectivity index (χ3n) is 5.64. The predicted octanol–water partition coefficient (Wildman–Crippen LogP) is 3.70. The van der Waals surface area contributed by atoms with E-state index in [1.165, 1.54) is 6.42 Å². The molecular formula is C21H33Cl2N3O2. The van der Waals surface area contributed by atoms with E-state index >= 15 is 0 Å². The van der Waals surface area contributed by atoms with Gasteiger partial charge in [0.05, 0.1) is 12.6 Å². The molecule has 2 amide bonds. The van der Waals surface area contributed by atoms with Crippen molar-refractivity contribution < 1.29 is 9.59 Å². The number of halogens is 2. The first-order valence-corrected chi connectivity index (χ1v) is 10.2. The monoisotopic (exact) mass is 429 g/mol. The minimum absolute atomic E-state index is 0. The number of rotatable bonds is 7. The molecule has 1 aromatic carbocycles. The maximum Gasteiger partial charge on any atom is 0.234 e. The molecular weight excluding hydrogens is 397 g/mol. The summed E-state index contributed by atoms with van der Waals surface area (Å²) in [7, 11) is 0. The van der Waals surface area contributed by atoms with Crippen LogP contribution in [-0.2, 0) is 9.59 Å². The smallest absolute Gasteiger partial charge is 0.234 e. The fourth-order valence-electron chi connectivity index (χ4n) is 4.09. The first-order chi connectivity index (χ1) is 12.8. The standard InChI is InChI=1S/C21H32ClN3O2.ClH/c1-13(2)15-9-8-14(3)10-17(15)21(27)24-12-19(25-20(26)11-23)16-6-4-5-7-18(16)22;/h4-7,13-15,17,19H,8-12,23H2,1-3H3,(H,24,27)(H,25,26);1H/t14-,15+,17-,19?;/m1./s1. The van der Waals surface area contributed by atoms with Crippen LogP contribution in [0.4, 0.5) is 0 Å². The topological polar surface area (TPSA) is 84.2 Å². The average Bonchev–Trinajstić information content (AvgIpc) is 2.64. The summed E-state index contributed by atoms with van der Waals surface area (Å²) < 4.78 is 0.